The summed E-state index contributed by atoms with van der Waals surface area (Å²) in [6, 6.07) is 4.05. The Labute approximate surface area is 153 Å². The van der Waals surface area contributed by atoms with E-state index in [9.17, 15) is 5.11 Å². The largest absolute Gasteiger partial charge is 0.391 e. The Bertz CT molecular complexity index is 667. The summed E-state index contributed by atoms with van der Waals surface area (Å²) in [5.74, 6) is 1.95. The molecule has 134 valence electrons. The Morgan fingerprint density at radius 2 is 2.12 bits per heavy atom. The first-order valence-electron chi connectivity index (χ1n) is 8.77. The SMILES string of the molecule is CCSc1ncc(CNCc2cccnc2N2CCCC(O)C2)cn1. The van der Waals surface area contributed by atoms with Gasteiger partial charge in [-0.1, -0.05) is 24.8 Å². The van der Waals surface area contributed by atoms with Gasteiger partial charge in [0.15, 0.2) is 5.16 Å². The average molecular weight is 359 g/mol. The molecule has 1 aliphatic heterocycles. The molecule has 7 heteroatoms. The van der Waals surface area contributed by atoms with Gasteiger partial charge in [-0.05, 0) is 24.7 Å². The number of anilines is 1. The van der Waals surface area contributed by atoms with Gasteiger partial charge in [-0.2, -0.15) is 0 Å². The Hall–Kier alpha value is -1.70. The predicted octanol–water partition coefficient (Wildman–Crippen LogP) is 2.23. The summed E-state index contributed by atoms with van der Waals surface area (Å²) in [6.07, 6.45) is 7.20. The maximum absolute atomic E-state index is 9.92. The zero-order valence-electron chi connectivity index (χ0n) is 14.6. The average Bonchev–Trinajstić information content (AvgIpc) is 2.64. The number of aromatic nitrogens is 3. The second-order valence-corrected chi connectivity index (χ2v) is 7.37. The molecule has 2 N–H and O–H groups in total. The van der Waals surface area contributed by atoms with Crippen LogP contribution in [0.1, 0.15) is 30.9 Å². The number of piperidine rings is 1. The molecule has 0 bridgehead atoms. The second kappa shape index (κ2) is 9.12. The zero-order chi connectivity index (χ0) is 17.5. The molecule has 1 saturated heterocycles. The third kappa shape index (κ3) is 5.14. The summed E-state index contributed by atoms with van der Waals surface area (Å²) < 4.78 is 0. The maximum Gasteiger partial charge on any atom is 0.187 e. The molecule has 0 aromatic carbocycles. The minimum absolute atomic E-state index is 0.256. The summed E-state index contributed by atoms with van der Waals surface area (Å²) in [5.41, 5.74) is 2.22. The van der Waals surface area contributed by atoms with E-state index in [1.54, 1.807) is 11.8 Å². The molecule has 2 aromatic rings. The molecule has 3 rings (SSSR count). The van der Waals surface area contributed by atoms with Crippen LogP contribution in [0, 0.1) is 0 Å². The van der Waals surface area contributed by atoms with Crippen LogP contribution in [0.4, 0.5) is 5.82 Å². The number of pyridine rings is 1. The standard InChI is InChI=1S/C18H25N5OS/c1-2-25-18-21-10-14(11-22-18)9-19-12-15-5-3-7-20-17(15)23-8-4-6-16(24)13-23/h3,5,7,10-11,16,19,24H,2,4,6,8-9,12-13H2,1H3. The van der Waals surface area contributed by atoms with Gasteiger partial charge in [0, 0.05) is 55.9 Å². The highest BCUT2D eigenvalue weighted by molar-refractivity contribution is 7.99. The molecule has 1 atom stereocenters. The van der Waals surface area contributed by atoms with Crippen molar-refractivity contribution < 1.29 is 5.11 Å². The molecule has 0 radical (unpaired) electrons. The number of hydrogen-bond acceptors (Lipinski definition) is 7. The van der Waals surface area contributed by atoms with Crippen molar-refractivity contribution >= 4 is 17.6 Å². The van der Waals surface area contributed by atoms with Gasteiger partial charge < -0.3 is 15.3 Å². The molecule has 1 aliphatic rings. The van der Waals surface area contributed by atoms with Crippen LogP contribution in [0.15, 0.2) is 35.9 Å². The predicted molar refractivity (Wildman–Crippen MR) is 101 cm³/mol. The number of aliphatic hydroxyl groups excluding tert-OH is 1. The maximum atomic E-state index is 9.92. The van der Waals surface area contributed by atoms with Crippen molar-refractivity contribution in [1.29, 1.82) is 0 Å². The first-order chi connectivity index (χ1) is 12.3. The van der Waals surface area contributed by atoms with E-state index in [1.165, 1.54) is 0 Å². The molecular weight excluding hydrogens is 334 g/mol. The molecule has 0 saturated carbocycles. The van der Waals surface area contributed by atoms with Crippen molar-refractivity contribution in [2.75, 3.05) is 23.7 Å². The van der Waals surface area contributed by atoms with Crippen LogP contribution in [0.3, 0.4) is 0 Å². The first-order valence-corrected chi connectivity index (χ1v) is 9.76. The Balaban J connectivity index is 1.58. The molecule has 0 aliphatic carbocycles. The van der Waals surface area contributed by atoms with Crippen LogP contribution in [-0.4, -0.2) is 45.0 Å². The van der Waals surface area contributed by atoms with E-state index in [4.69, 9.17) is 0 Å². The summed E-state index contributed by atoms with van der Waals surface area (Å²) in [5, 5.41) is 14.2. The van der Waals surface area contributed by atoms with Gasteiger partial charge >= 0.3 is 0 Å². The number of rotatable bonds is 7. The van der Waals surface area contributed by atoms with Crippen LogP contribution in [-0.2, 0) is 13.1 Å². The van der Waals surface area contributed by atoms with Crippen molar-refractivity contribution in [3.63, 3.8) is 0 Å². The highest BCUT2D eigenvalue weighted by Gasteiger charge is 2.20. The monoisotopic (exact) mass is 359 g/mol. The van der Waals surface area contributed by atoms with Crippen LogP contribution in [0.5, 0.6) is 0 Å². The van der Waals surface area contributed by atoms with Crippen molar-refractivity contribution in [3.8, 4) is 0 Å². The second-order valence-electron chi connectivity index (χ2n) is 6.14. The van der Waals surface area contributed by atoms with Crippen LogP contribution < -0.4 is 10.2 Å². The lowest BCUT2D eigenvalue weighted by Gasteiger charge is -2.32. The minimum atomic E-state index is -0.256. The fraction of sp³-hybridized carbons (Fsp3) is 0.500. The van der Waals surface area contributed by atoms with E-state index in [0.717, 1.165) is 53.8 Å². The molecule has 6 nitrogen and oxygen atoms in total. The minimum Gasteiger partial charge on any atom is -0.391 e. The van der Waals surface area contributed by atoms with Crippen molar-refractivity contribution in [2.24, 2.45) is 0 Å². The van der Waals surface area contributed by atoms with Gasteiger partial charge in [0.05, 0.1) is 6.10 Å². The molecule has 25 heavy (non-hydrogen) atoms. The topological polar surface area (TPSA) is 74.2 Å². The normalized spacial score (nSPS) is 17.7. The molecule has 0 amide bonds. The lowest BCUT2D eigenvalue weighted by Crippen LogP contribution is -2.39. The van der Waals surface area contributed by atoms with Crippen LogP contribution in [0.2, 0.25) is 0 Å². The van der Waals surface area contributed by atoms with Gasteiger partial charge in [0.2, 0.25) is 0 Å². The van der Waals surface area contributed by atoms with Gasteiger partial charge in [-0.15, -0.1) is 0 Å². The third-order valence-corrected chi connectivity index (χ3v) is 4.92. The number of β-amino-alcohol motifs (C(OH)–C–C–N with tert-alkyl or cyclic N) is 1. The number of aliphatic hydroxyl groups is 1. The first kappa shape index (κ1) is 18.1. The van der Waals surface area contributed by atoms with E-state index < -0.39 is 0 Å². The third-order valence-electron chi connectivity index (χ3n) is 4.16. The molecule has 1 fully saturated rings. The zero-order valence-corrected chi connectivity index (χ0v) is 15.4. The summed E-state index contributed by atoms with van der Waals surface area (Å²) in [6.45, 7) is 5.14. The lowest BCUT2D eigenvalue weighted by atomic mass is 10.1. The van der Waals surface area contributed by atoms with Gasteiger partial charge in [-0.25, -0.2) is 15.0 Å². The Morgan fingerprint density at radius 1 is 1.28 bits per heavy atom. The Kier molecular flexibility index (Phi) is 6.61. The van der Waals surface area contributed by atoms with Crippen molar-refractivity contribution in [1.82, 2.24) is 20.3 Å². The summed E-state index contributed by atoms with van der Waals surface area (Å²) >= 11 is 1.65. The van der Waals surface area contributed by atoms with E-state index >= 15 is 0 Å². The smallest absolute Gasteiger partial charge is 0.187 e. The number of hydrogen-bond donors (Lipinski definition) is 2. The quantitative estimate of drug-likeness (QED) is 0.580. The van der Waals surface area contributed by atoms with E-state index in [1.807, 2.05) is 24.7 Å². The van der Waals surface area contributed by atoms with Crippen molar-refractivity contribution in [3.05, 3.63) is 41.9 Å². The molecule has 1 unspecified atom stereocenters. The Morgan fingerprint density at radius 3 is 2.88 bits per heavy atom. The summed E-state index contributed by atoms with van der Waals surface area (Å²) in [4.78, 5) is 15.4. The highest BCUT2D eigenvalue weighted by Crippen LogP contribution is 2.21. The van der Waals surface area contributed by atoms with E-state index in [0.29, 0.717) is 13.1 Å². The van der Waals surface area contributed by atoms with Gasteiger partial charge in [-0.3, -0.25) is 0 Å². The highest BCUT2D eigenvalue weighted by atomic mass is 32.2. The van der Waals surface area contributed by atoms with Gasteiger partial charge in [0.1, 0.15) is 5.82 Å². The molecule has 0 spiro atoms. The molecule has 3 heterocycles. The summed E-state index contributed by atoms with van der Waals surface area (Å²) in [7, 11) is 0. The number of nitrogens with zero attached hydrogens (tertiary/aromatic N) is 4. The number of nitrogens with one attached hydrogen (secondary N) is 1. The molecule has 2 aromatic heterocycles. The van der Waals surface area contributed by atoms with Gasteiger partial charge in [0.25, 0.3) is 0 Å². The lowest BCUT2D eigenvalue weighted by molar-refractivity contribution is 0.154. The fourth-order valence-electron chi connectivity index (χ4n) is 2.98. The fourth-order valence-corrected chi connectivity index (χ4v) is 3.49. The van der Waals surface area contributed by atoms with Crippen LogP contribution in [0.25, 0.3) is 0 Å². The molecular formula is C18H25N5OS. The van der Waals surface area contributed by atoms with E-state index in [2.05, 4.69) is 38.2 Å². The van der Waals surface area contributed by atoms with E-state index in [-0.39, 0.29) is 6.10 Å². The number of thioether (sulfide) groups is 1. The van der Waals surface area contributed by atoms with Crippen LogP contribution >= 0.6 is 11.8 Å². The van der Waals surface area contributed by atoms with Crippen molar-refractivity contribution in [2.45, 2.75) is 44.1 Å².